The number of carbonyl (C=O) groups is 2. The zero-order valence-electron chi connectivity index (χ0n) is 26.1. The highest BCUT2D eigenvalue weighted by Crippen LogP contribution is 2.47. The maximum absolute atomic E-state index is 14.4. The molecule has 1 aliphatic carbocycles. The van der Waals surface area contributed by atoms with Gasteiger partial charge >= 0.3 is 6.03 Å². The molecule has 3 aliphatic rings. The molecule has 10 heteroatoms. The first-order chi connectivity index (χ1) is 20.9. The maximum Gasteiger partial charge on any atom is 0.321 e. The van der Waals surface area contributed by atoms with Gasteiger partial charge in [0.05, 0.1) is 12.2 Å². The van der Waals surface area contributed by atoms with E-state index in [0.29, 0.717) is 37.0 Å². The first kappa shape index (κ1) is 31.8. The number of likely N-dealkylation sites (tertiary alicyclic amines) is 2. The van der Waals surface area contributed by atoms with Crippen molar-refractivity contribution < 1.29 is 9.59 Å². The Hall–Kier alpha value is -2.65. The molecule has 3 amide bonds. The van der Waals surface area contributed by atoms with E-state index in [0.717, 1.165) is 57.3 Å². The summed E-state index contributed by atoms with van der Waals surface area (Å²) >= 11 is 6.19. The van der Waals surface area contributed by atoms with Crippen LogP contribution in [0.4, 0.5) is 4.79 Å². The van der Waals surface area contributed by atoms with E-state index in [9.17, 15) is 9.59 Å². The number of rotatable bonds is 10. The average molecular weight is 612 g/mol. The lowest BCUT2D eigenvalue weighted by atomic mass is 9.63. The molecule has 0 radical (unpaired) electrons. The molecular formula is C33H50ClN7O2. The van der Waals surface area contributed by atoms with Crippen LogP contribution in [0.1, 0.15) is 83.6 Å². The Bertz CT molecular complexity index is 1160. The summed E-state index contributed by atoms with van der Waals surface area (Å²) in [5.74, 6) is 0.793. The largest absolute Gasteiger partial charge is 0.341 e. The van der Waals surface area contributed by atoms with Gasteiger partial charge in [-0.3, -0.25) is 14.8 Å². The van der Waals surface area contributed by atoms with Crippen molar-refractivity contribution in [1.82, 2.24) is 34.8 Å². The summed E-state index contributed by atoms with van der Waals surface area (Å²) < 4.78 is 2.00. The second-order valence-electron chi connectivity index (χ2n) is 12.8. The molecule has 1 saturated carbocycles. The summed E-state index contributed by atoms with van der Waals surface area (Å²) in [5.41, 5.74) is 1.20. The van der Waals surface area contributed by atoms with E-state index in [1.54, 1.807) is 6.33 Å². The molecule has 3 fully saturated rings. The summed E-state index contributed by atoms with van der Waals surface area (Å²) in [7, 11) is 0. The molecule has 0 bridgehead atoms. The minimum absolute atomic E-state index is 0.0586. The molecule has 9 nitrogen and oxygen atoms in total. The predicted octanol–water partition coefficient (Wildman–Crippen LogP) is 5.60. The minimum atomic E-state index is -0.422. The molecule has 236 valence electrons. The van der Waals surface area contributed by atoms with Gasteiger partial charge in [0, 0.05) is 44.3 Å². The van der Waals surface area contributed by atoms with Crippen LogP contribution in [0.2, 0.25) is 5.02 Å². The van der Waals surface area contributed by atoms with Crippen molar-refractivity contribution in [3.05, 3.63) is 47.5 Å². The van der Waals surface area contributed by atoms with Crippen molar-refractivity contribution in [2.45, 2.75) is 103 Å². The van der Waals surface area contributed by atoms with Crippen molar-refractivity contribution in [3.63, 3.8) is 0 Å². The van der Waals surface area contributed by atoms with E-state index in [4.69, 9.17) is 11.6 Å². The number of carbonyl (C=O) groups excluding carboxylic acids is 2. The number of hydrogen-bond donors (Lipinski definition) is 1. The molecule has 2 atom stereocenters. The first-order valence-corrected chi connectivity index (χ1v) is 17.0. The second-order valence-corrected chi connectivity index (χ2v) is 13.3. The first-order valence-electron chi connectivity index (χ1n) is 16.6. The molecule has 2 aliphatic heterocycles. The third kappa shape index (κ3) is 7.72. The third-order valence-electron chi connectivity index (χ3n) is 10.3. The van der Waals surface area contributed by atoms with Crippen LogP contribution in [-0.4, -0.2) is 86.3 Å². The number of nitrogens with one attached hydrogen (secondary N) is 1. The van der Waals surface area contributed by atoms with Crippen LogP contribution in [0, 0.1) is 11.3 Å². The Morgan fingerprint density at radius 1 is 1.00 bits per heavy atom. The lowest BCUT2D eigenvalue weighted by Crippen LogP contribution is -2.61. The molecule has 2 aromatic rings. The molecular weight excluding hydrogens is 562 g/mol. The highest BCUT2D eigenvalue weighted by molar-refractivity contribution is 6.30. The van der Waals surface area contributed by atoms with Crippen LogP contribution in [0.5, 0.6) is 0 Å². The lowest BCUT2D eigenvalue weighted by molar-refractivity contribution is -0.137. The van der Waals surface area contributed by atoms with Gasteiger partial charge in [-0.05, 0) is 94.2 Å². The number of amides is 3. The number of halogens is 1. The Labute approximate surface area is 262 Å². The van der Waals surface area contributed by atoms with Gasteiger partial charge in [-0.25, -0.2) is 9.78 Å². The Morgan fingerprint density at radius 2 is 1.70 bits per heavy atom. The van der Waals surface area contributed by atoms with Crippen molar-refractivity contribution in [2.75, 3.05) is 32.7 Å². The molecule has 1 aromatic heterocycles. The van der Waals surface area contributed by atoms with Gasteiger partial charge in [0.1, 0.15) is 12.7 Å². The standard InChI is InChI=1S/C33H50ClN7O2/c1-3-38(4-2)32(43)41-19-9-8-12-30(41)37-29(22-26-13-15-28(34)16-14-26)31(42)39-20-17-33(18-21-39,23-40-25-35-24-36-40)27-10-6-5-7-11-27/h13-16,24-25,27,29-30,37H,3-12,17-23H2,1-2H3/t29-,30?/m1/s1. The van der Waals surface area contributed by atoms with E-state index in [2.05, 4.69) is 20.3 Å². The van der Waals surface area contributed by atoms with E-state index < -0.39 is 6.04 Å². The highest BCUT2D eigenvalue weighted by Gasteiger charge is 2.44. The van der Waals surface area contributed by atoms with Crippen LogP contribution in [0.15, 0.2) is 36.9 Å². The van der Waals surface area contributed by atoms with Crippen LogP contribution < -0.4 is 5.32 Å². The van der Waals surface area contributed by atoms with Gasteiger partial charge < -0.3 is 14.7 Å². The fourth-order valence-corrected chi connectivity index (χ4v) is 7.88. The van der Waals surface area contributed by atoms with Crippen molar-refractivity contribution in [3.8, 4) is 0 Å². The van der Waals surface area contributed by atoms with Gasteiger partial charge in [-0.1, -0.05) is 43.0 Å². The smallest absolute Gasteiger partial charge is 0.321 e. The number of benzene rings is 1. The average Bonchev–Trinajstić information content (AvgIpc) is 3.56. The molecule has 43 heavy (non-hydrogen) atoms. The number of hydrogen-bond acceptors (Lipinski definition) is 5. The monoisotopic (exact) mass is 611 g/mol. The van der Waals surface area contributed by atoms with Crippen LogP contribution in [0.25, 0.3) is 0 Å². The van der Waals surface area contributed by atoms with Crippen molar-refractivity contribution in [2.24, 2.45) is 11.3 Å². The van der Waals surface area contributed by atoms with E-state index in [1.807, 2.05) is 58.9 Å². The second kappa shape index (κ2) is 14.9. The van der Waals surface area contributed by atoms with Gasteiger partial charge in [0.15, 0.2) is 0 Å². The molecule has 5 rings (SSSR count). The SMILES string of the molecule is CCN(CC)C(=O)N1CCCCC1N[C@H](Cc1ccc(Cl)cc1)C(=O)N1CCC(Cn2cncn2)(C2CCCCC2)CC1. The summed E-state index contributed by atoms with van der Waals surface area (Å²) in [6.07, 6.45) is 15.1. The predicted molar refractivity (Wildman–Crippen MR) is 170 cm³/mol. The summed E-state index contributed by atoms with van der Waals surface area (Å²) in [6, 6.07) is 7.42. The Morgan fingerprint density at radius 3 is 2.35 bits per heavy atom. The summed E-state index contributed by atoms with van der Waals surface area (Å²) in [5, 5.41) is 8.85. The fraction of sp³-hybridized carbons (Fsp3) is 0.697. The fourth-order valence-electron chi connectivity index (χ4n) is 7.76. The van der Waals surface area contributed by atoms with E-state index in [1.165, 1.54) is 32.1 Å². The topological polar surface area (TPSA) is 86.6 Å². The van der Waals surface area contributed by atoms with E-state index >= 15 is 0 Å². The zero-order valence-corrected chi connectivity index (χ0v) is 26.9. The lowest BCUT2D eigenvalue weighted by Gasteiger charge is -2.48. The quantitative estimate of drug-likeness (QED) is 0.378. The van der Waals surface area contributed by atoms with Crippen LogP contribution in [0.3, 0.4) is 0 Å². The third-order valence-corrected chi connectivity index (χ3v) is 10.6. The molecule has 2 saturated heterocycles. The number of piperidine rings is 2. The number of urea groups is 1. The molecule has 3 heterocycles. The highest BCUT2D eigenvalue weighted by atomic mass is 35.5. The normalized spacial score (nSPS) is 21.9. The molecule has 1 aromatic carbocycles. The Kier molecular flexibility index (Phi) is 11.0. The minimum Gasteiger partial charge on any atom is -0.341 e. The van der Waals surface area contributed by atoms with Crippen LogP contribution in [-0.2, 0) is 17.8 Å². The number of aromatic nitrogens is 3. The van der Waals surface area contributed by atoms with Crippen molar-refractivity contribution in [1.29, 1.82) is 0 Å². The summed E-state index contributed by atoms with van der Waals surface area (Å²) in [6.45, 7) is 8.47. The molecule has 0 spiro atoms. The molecule has 1 unspecified atom stereocenters. The van der Waals surface area contributed by atoms with Gasteiger partial charge in [0.2, 0.25) is 5.91 Å². The maximum atomic E-state index is 14.4. The number of nitrogens with zero attached hydrogens (tertiary/aromatic N) is 6. The van der Waals surface area contributed by atoms with Crippen LogP contribution >= 0.6 is 11.6 Å². The molecule has 1 N–H and O–H groups in total. The van der Waals surface area contributed by atoms with Crippen molar-refractivity contribution >= 4 is 23.5 Å². The van der Waals surface area contributed by atoms with Gasteiger partial charge in [0.25, 0.3) is 0 Å². The zero-order chi connectivity index (χ0) is 30.2. The summed E-state index contributed by atoms with van der Waals surface area (Å²) in [4.78, 5) is 38.0. The Balaban J connectivity index is 1.33. The van der Waals surface area contributed by atoms with E-state index in [-0.39, 0.29) is 23.5 Å². The van der Waals surface area contributed by atoms with Gasteiger partial charge in [-0.2, -0.15) is 5.10 Å². The van der Waals surface area contributed by atoms with Gasteiger partial charge in [-0.15, -0.1) is 0 Å².